The summed E-state index contributed by atoms with van der Waals surface area (Å²) in [6.45, 7) is 5.05. The second-order valence-electron chi connectivity index (χ2n) is 5.06. The first kappa shape index (κ1) is 14.4. The van der Waals surface area contributed by atoms with Crippen molar-refractivity contribution in [2.75, 3.05) is 12.4 Å². The van der Waals surface area contributed by atoms with Crippen LogP contribution in [0.4, 0.5) is 0 Å². The lowest BCUT2D eigenvalue weighted by molar-refractivity contribution is 0.129. The van der Waals surface area contributed by atoms with Crippen molar-refractivity contribution in [1.29, 1.82) is 0 Å². The van der Waals surface area contributed by atoms with E-state index >= 15 is 0 Å². The molecule has 21 heavy (non-hydrogen) atoms. The van der Waals surface area contributed by atoms with Gasteiger partial charge in [-0.05, 0) is 25.0 Å². The Labute approximate surface area is 127 Å². The highest BCUT2D eigenvalue weighted by molar-refractivity contribution is 7.99. The van der Waals surface area contributed by atoms with E-state index in [1.54, 1.807) is 22.4 Å². The predicted octanol–water partition coefficient (Wildman–Crippen LogP) is 2.85. The van der Waals surface area contributed by atoms with Gasteiger partial charge < -0.3 is 4.74 Å². The van der Waals surface area contributed by atoms with Gasteiger partial charge in [0, 0.05) is 18.9 Å². The van der Waals surface area contributed by atoms with Crippen LogP contribution in [-0.2, 0) is 11.3 Å². The standard InChI is InChI=1S/C16H18N2O2S/c1-2-9-18-15(19)13-7-3-4-8-14(13)17-16(18)21-11-12-6-5-10-20-12/h2-4,7-8,12H,1,5-6,9-11H2. The van der Waals surface area contributed by atoms with Crippen LogP contribution in [0.15, 0.2) is 46.9 Å². The Morgan fingerprint density at radius 1 is 1.48 bits per heavy atom. The summed E-state index contributed by atoms with van der Waals surface area (Å²) in [6, 6.07) is 7.47. The molecule has 1 aliphatic rings. The zero-order valence-electron chi connectivity index (χ0n) is 11.8. The summed E-state index contributed by atoms with van der Waals surface area (Å²) in [5, 5.41) is 1.40. The quantitative estimate of drug-likeness (QED) is 0.484. The van der Waals surface area contributed by atoms with Crippen LogP contribution in [0, 0.1) is 0 Å². The van der Waals surface area contributed by atoms with Crippen LogP contribution in [0.1, 0.15) is 12.8 Å². The van der Waals surface area contributed by atoms with Gasteiger partial charge in [0.05, 0.1) is 17.0 Å². The molecule has 0 spiro atoms. The highest BCUT2D eigenvalue weighted by Crippen LogP contribution is 2.23. The van der Waals surface area contributed by atoms with Crippen LogP contribution < -0.4 is 5.56 Å². The normalized spacial score (nSPS) is 18.2. The number of aromatic nitrogens is 2. The first-order chi connectivity index (χ1) is 10.3. The van der Waals surface area contributed by atoms with Gasteiger partial charge in [-0.15, -0.1) is 6.58 Å². The molecule has 110 valence electrons. The molecule has 0 radical (unpaired) electrons. The largest absolute Gasteiger partial charge is 0.377 e. The van der Waals surface area contributed by atoms with E-state index in [2.05, 4.69) is 11.6 Å². The van der Waals surface area contributed by atoms with Gasteiger partial charge >= 0.3 is 0 Å². The molecule has 0 aliphatic carbocycles. The Balaban J connectivity index is 1.96. The molecule has 1 aromatic heterocycles. The monoisotopic (exact) mass is 302 g/mol. The first-order valence-electron chi connectivity index (χ1n) is 7.14. The fourth-order valence-corrected chi connectivity index (χ4v) is 3.57. The van der Waals surface area contributed by atoms with E-state index in [-0.39, 0.29) is 11.7 Å². The third kappa shape index (κ3) is 3.04. The summed E-state index contributed by atoms with van der Waals surface area (Å²) in [6.07, 6.45) is 4.21. The highest BCUT2D eigenvalue weighted by Gasteiger charge is 2.18. The number of rotatable bonds is 5. The summed E-state index contributed by atoms with van der Waals surface area (Å²) >= 11 is 1.59. The Hall–Kier alpha value is -1.59. The predicted molar refractivity (Wildman–Crippen MR) is 85.9 cm³/mol. The van der Waals surface area contributed by atoms with Gasteiger partial charge in [-0.25, -0.2) is 4.98 Å². The third-order valence-corrected chi connectivity index (χ3v) is 4.67. The van der Waals surface area contributed by atoms with Crippen molar-refractivity contribution in [1.82, 2.24) is 9.55 Å². The topological polar surface area (TPSA) is 44.1 Å². The molecule has 1 aromatic carbocycles. The van der Waals surface area contributed by atoms with Crippen molar-refractivity contribution in [2.24, 2.45) is 0 Å². The van der Waals surface area contributed by atoms with Crippen molar-refractivity contribution < 1.29 is 4.74 Å². The molecular formula is C16H18N2O2S. The maximum absolute atomic E-state index is 12.6. The minimum Gasteiger partial charge on any atom is -0.377 e. The summed E-state index contributed by atoms with van der Waals surface area (Å²) in [7, 11) is 0. The van der Waals surface area contributed by atoms with Gasteiger partial charge in [-0.3, -0.25) is 9.36 Å². The smallest absolute Gasteiger partial charge is 0.262 e. The highest BCUT2D eigenvalue weighted by atomic mass is 32.2. The van der Waals surface area contributed by atoms with E-state index < -0.39 is 0 Å². The van der Waals surface area contributed by atoms with Gasteiger partial charge in [-0.1, -0.05) is 30.0 Å². The number of benzene rings is 1. The molecule has 2 heterocycles. The van der Waals surface area contributed by atoms with Crippen LogP contribution >= 0.6 is 11.8 Å². The number of fused-ring (bicyclic) bond motifs is 1. The molecule has 0 saturated carbocycles. The Morgan fingerprint density at radius 2 is 2.33 bits per heavy atom. The number of ether oxygens (including phenoxy) is 1. The van der Waals surface area contributed by atoms with E-state index in [4.69, 9.17) is 4.74 Å². The maximum Gasteiger partial charge on any atom is 0.262 e. The average molecular weight is 302 g/mol. The summed E-state index contributed by atoms with van der Waals surface area (Å²) in [5.41, 5.74) is 0.744. The molecule has 2 aromatic rings. The van der Waals surface area contributed by atoms with Crippen LogP contribution in [0.5, 0.6) is 0 Å². The Kier molecular flexibility index (Phi) is 4.41. The lowest BCUT2D eigenvalue weighted by Gasteiger charge is -2.13. The number of hydrogen-bond donors (Lipinski definition) is 0. The fourth-order valence-electron chi connectivity index (χ4n) is 2.49. The van der Waals surface area contributed by atoms with Crippen molar-refractivity contribution in [2.45, 2.75) is 30.6 Å². The lowest BCUT2D eigenvalue weighted by Crippen LogP contribution is -2.23. The second-order valence-corrected chi connectivity index (χ2v) is 6.05. The van der Waals surface area contributed by atoms with Crippen molar-refractivity contribution in [3.63, 3.8) is 0 Å². The van der Waals surface area contributed by atoms with E-state index in [1.165, 1.54) is 0 Å². The Bertz CT molecular complexity index is 705. The molecule has 4 nitrogen and oxygen atoms in total. The Morgan fingerprint density at radius 3 is 3.10 bits per heavy atom. The van der Waals surface area contributed by atoms with Crippen LogP contribution in [0.2, 0.25) is 0 Å². The maximum atomic E-state index is 12.6. The van der Waals surface area contributed by atoms with Crippen LogP contribution in [0.3, 0.4) is 0 Å². The van der Waals surface area contributed by atoms with Gasteiger partial charge in [0.2, 0.25) is 0 Å². The third-order valence-electron chi connectivity index (χ3n) is 3.56. The van der Waals surface area contributed by atoms with Gasteiger partial charge in [-0.2, -0.15) is 0 Å². The number of thioether (sulfide) groups is 1. The number of hydrogen-bond acceptors (Lipinski definition) is 4. The van der Waals surface area contributed by atoms with Crippen molar-refractivity contribution >= 4 is 22.7 Å². The molecule has 1 aliphatic heterocycles. The van der Waals surface area contributed by atoms with Crippen LogP contribution in [0.25, 0.3) is 10.9 Å². The van der Waals surface area contributed by atoms with Gasteiger partial charge in [0.25, 0.3) is 5.56 Å². The SMILES string of the molecule is C=CCn1c(SCC2CCCO2)nc2ccccc2c1=O. The van der Waals surface area contributed by atoms with E-state index in [9.17, 15) is 4.79 Å². The first-order valence-corrected chi connectivity index (χ1v) is 8.13. The van der Waals surface area contributed by atoms with E-state index in [0.717, 1.165) is 35.9 Å². The number of para-hydroxylation sites is 1. The molecule has 5 heteroatoms. The molecule has 1 fully saturated rings. The molecule has 0 N–H and O–H groups in total. The molecular weight excluding hydrogens is 284 g/mol. The zero-order chi connectivity index (χ0) is 14.7. The van der Waals surface area contributed by atoms with E-state index in [1.807, 2.05) is 24.3 Å². The molecule has 1 unspecified atom stereocenters. The molecule has 1 atom stereocenters. The molecule has 0 amide bonds. The molecule has 1 saturated heterocycles. The average Bonchev–Trinajstić information content (AvgIpc) is 3.02. The summed E-state index contributed by atoms with van der Waals surface area (Å²) in [5.74, 6) is 0.835. The van der Waals surface area contributed by atoms with Gasteiger partial charge in [0.15, 0.2) is 5.16 Å². The zero-order valence-corrected chi connectivity index (χ0v) is 12.6. The molecule has 0 bridgehead atoms. The minimum absolute atomic E-state index is 0.00431. The second kappa shape index (κ2) is 6.45. The van der Waals surface area contributed by atoms with Gasteiger partial charge in [0.1, 0.15) is 0 Å². The van der Waals surface area contributed by atoms with Crippen molar-refractivity contribution in [3.05, 3.63) is 47.3 Å². The summed E-state index contributed by atoms with van der Waals surface area (Å²) < 4.78 is 7.33. The fraction of sp³-hybridized carbons (Fsp3) is 0.375. The van der Waals surface area contributed by atoms with E-state index in [0.29, 0.717) is 11.9 Å². The number of allylic oxidation sites excluding steroid dienone is 1. The molecule has 3 rings (SSSR count). The number of nitrogens with zero attached hydrogens (tertiary/aromatic N) is 2. The minimum atomic E-state index is -0.00431. The van der Waals surface area contributed by atoms with Crippen molar-refractivity contribution in [3.8, 4) is 0 Å². The van der Waals surface area contributed by atoms with Crippen LogP contribution in [-0.4, -0.2) is 28.0 Å². The summed E-state index contributed by atoms with van der Waals surface area (Å²) in [4.78, 5) is 17.2. The lowest BCUT2D eigenvalue weighted by atomic mass is 10.2.